The minimum atomic E-state index is -4.22. The number of sulfonamides is 1. The zero-order chi connectivity index (χ0) is 33.6. The lowest BCUT2D eigenvalue weighted by Gasteiger charge is -2.35. The Balaban J connectivity index is 1.84. The minimum absolute atomic E-state index is 0.0423. The third kappa shape index (κ3) is 8.60. The van der Waals surface area contributed by atoms with Gasteiger partial charge in [-0.15, -0.1) is 0 Å². The molecule has 7 nitrogen and oxygen atoms in total. The summed E-state index contributed by atoms with van der Waals surface area (Å²) in [5.41, 5.74) is 3.66. The molecule has 46 heavy (non-hydrogen) atoms. The number of benzene rings is 4. The summed E-state index contributed by atoms with van der Waals surface area (Å²) in [6.07, 6.45) is 0.184. The normalized spacial score (nSPS) is 12.3. The van der Waals surface area contributed by atoms with E-state index < -0.39 is 39.9 Å². The van der Waals surface area contributed by atoms with Crippen molar-refractivity contribution in [1.29, 1.82) is 0 Å². The van der Waals surface area contributed by atoms with E-state index in [0.717, 1.165) is 21.0 Å². The van der Waals surface area contributed by atoms with Crippen LogP contribution in [0, 0.1) is 26.6 Å². The third-order valence-corrected chi connectivity index (χ3v) is 9.54. The predicted molar refractivity (Wildman–Crippen MR) is 180 cm³/mol. The maximum atomic E-state index is 14.6. The first-order valence-electron chi connectivity index (χ1n) is 15.2. The van der Waals surface area contributed by atoms with Crippen LogP contribution >= 0.6 is 0 Å². The van der Waals surface area contributed by atoms with Gasteiger partial charge in [0, 0.05) is 18.5 Å². The summed E-state index contributed by atoms with van der Waals surface area (Å²) in [5.74, 6) is -1.39. The van der Waals surface area contributed by atoms with Gasteiger partial charge in [0.25, 0.3) is 10.0 Å². The van der Waals surface area contributed by atoms with Crippen LogP contribution in [0.2, 0.25) is 0 Å². The van der Waals surface area contributed by atoms with Crippen LogP contribution in [-0.2, 0) is 32.6 Å². The lowest BCUT2D eigenvalue weighted by molar-refractivity contribution is -0.140. The van der Waals surface area contributed by atoms with Gasteiger partial charge in [-0.1, -0.05) is 72.3 Å². The number of hydrogen-bond acceptors (Lipinski definition) is 4. The quantitative estimate of drug-likeness (QED) is 0.202. The molecule has 4 aromatic carbocycles. The molecule has 0 radical (unpaired) electrons. The minimum Gasteiger partial charge on any atom is -0.350 e. The molecule has 0 aliphatic rings. The van der Waals surface area contributed by atoms with Crippen LogP contribution < -0.4 is 9.62 Å². The summed E-state index contributed by atoms with van der Waals surface area (Å²) < 4.78 is 43.6. The smallest absolute Gasteiger partial charge is 0.264 e. The Bertz CT molecular complexity index is 1770. The van der Waals surface area contributed by atoms with Crippen LogP contribution in [0.3, 0.4) is 0 Å². The van der Waals surface area contributed by atoms with Crippen molar-refractivity contribution in [3.05, 3.63) is 131 Å². The second kappa shape index (κ2) is 14.3. The number of anilines is 1. The molecule has 242 valence electrons. The average Bonchev–Trinajstić information content (AvgIpc) is 3.00. The van der Waals surface area contributed by atoms with Crippen molar-refractivity contribution in [1.82, 2.24) is 10.2 Å². The number of amides is 2. The standard InChI is InChI=1S/C37H42FN3O4S/c1-26-15-21-32(22-16-26)46(44,45)41(33-14-10-11-27(2)28(33)3)25-35(42)40(24-30-17-19-31(38)20-18-30)34(36(43)39-37(4,5)6)23-29-12-8-7-9-13-29/h7-22,34H,23-25H2,1-6H3,(H,39,43). The Morgan fingerprint density at radius 3 is 2.04 bits per heavy atom. The van der Waals surface area contributed by atoms with Gasteiger partial charge in [-0.05, 0) is 94.1 Å². The summed E-state index contributed by atoms with van der Waals surface area (Å²) >= 11 is 0. The van der Waals surface area contributed by atoms with Gasteiger partial charge >= 0.3 is 0 Å². The van der Waals surface area contributed by atoms with Gasteiger partial charge in [0.15, 0.2) is 0 Å². The van der Waals surface area contributed by atoms with E-state index in [1.54, 1.807) is 36.4 Å². The Morgan fingerprint density at radius 2 is 1.43 bits per heavy atom. The highest BCUT2D eigenvalue weighted by Crippen LogP contribution is 2.29. The predicted octanol–water partition coefficient (Wildman–Crippen LogP) is 6.50. The molecule has 1 atom stereocenters. The molecule has 4 aromatic rings. The first-order chi connectivity index (χ1) is 21.7. The molecule has 1 unspecified atom stereocenters. The van der Waals surface area contributed by atoms with Crippen LogP contribution in [0.25, 0.3) is 0 Å². The fourth-order valence-electron chi connectivity index (χ4n) is 5.15. The van der Waals surface area contributed by atoms with Gasteiger partial charge in [-0.25, -0.2) is 12.8 Å². The van der Waals surface area contributed by atoms with E-state index in [4.69, 9.17) is 0 Å². The monoisotopic (exact) mass is 643 g/mol. The van der Waals surface area contributed by atoms with Crippen molar-refractivity contribution in [3.63, 3.8) is 0 Å². The van der Waals surface area contributed by atoms with Crippen LogP contribution in [-0.4, -0.2) is 43.3 Å². The number of nitrogens with one attached hydrogen (secondary N) is 1. The number of carbonyl (C=O) groups is 2. The largest absolute Gasteiger partial charge is 0.350 e. The van der Waals surface area contributed by atoms with Crippen LogP contribution in [0.5, 0.6) is 0 Å². The van der Waals surface area contributed by atoms with E-state index in [-0.39, 0.29) is 23.8 Å². The van der Waals surface area contributed by atoms with E-state index in [1.807, 2.05) is 77.9 Å². The molecular weight excluding hydrogens is 601 g/mol. The topological polar surface area (TPSA) is 86.8 Å². The van der Waals surface area contributed by atoms with Crippen molar-refractivity contribution < 1.29 is 22.4 Å². The summed E-state index contributed by atoms with van der Waals surface area (Å²) in [6, 6.07) is 25.8. The highest BCUT2D eigenvalue weighted by molar-refractivity contribution is 7.92. The second-order valence-electron chi connectivity index (χ2n) is 12.6. The first kappa shape index (κ1) is 34.4. The van der Waals surface area contributed by atoms with Gasteiger partial charge in [-0.2, -0.15) is 0 Å². The maximum absolute atomic E-state index is 14.6. The first-order valence-corrected chi connectivity index (χ1v) is 16.7. The van der Waals surface area contributed by atoms with Gasteiger partial charge in [0.05, 0.1) is 10.6 Å². The number of aryl methyl sites for hydroxylation is 2. The molecule has 0 spiro atoms. The molecular formula is C37H42FN3O4S. The fourth-order valence-corrected chi connectivity index (χ4v) is 6.62. The van der Waals surface area contributed by atoms with Crippen molar-refractivity contribution in [2.45, 2.75) is 71.0 Å². The SMILES string of the molecule is Cc1ccc(S(=O)(=O)N(CC(=O)N(Cc2ccc(F)cc2)C(Cc2ccccc2)C(=O)NC(C)(C)C)c2cccc(C)c2C)cc1. The van der Waals surface area contributed by atoms with Gasteiger partial charge in [0.2, 0.25) is 11.8 Å². The van der Waals surface area contributed by atoms with E-state index in [0.29, 0.717) is 16.8 Å². The molecule has 0 bridgehead atoms. The van der Waals surface area contributed by atoms with Crippen molar-refractivity contribution in [3.8, 4) is 0 Å². The van der Waals surface area contributed by atoms with Gasteiger partial charge in [0.1, 0.15) is 18.4 Å². The summed E-state index contributed by atoms with van der Waals surface area (Å²) in [7, 11) is -4.22. The number of rotatable bonds is 11. The molecule has 2 amide bonds. The lowest BCUT2D eigenvalue weighted by atomic mass is 10.0. The fraction of sp³-hybridized carbons (Fsp3) is 0.297. The average molecular weight is 644 g/mol. The van der Waals surface area contributed by atoms with Crippen molar-refractivity contribution in [2.75, 3.05) is 10.8 Å². The maximum Gasteiger partial charge on any atom is 0.264 e. The number of halogens is 1. The molecule has 0 saturated heterocycles. The van der Waals surface area contributed by atoms with Crippen LogP contribution in [0.1, 0.15) is 48.6 Å². The summed E-state index contributed by atoms with van der Waals surface area (Å²) in [4.78, 5) is 30.0. The Hall–Kier alpha value is -4.50. The van der Waals surface area contributed by atoms with Gasteiger partial charge in [-0.3, -0.25) is 13.9 Å². The molecule has 1 N–H and O–H groups in total. The highest BCUT2D eigenvalue weighted by Gasteiger charge is 2.36. The van der Waals surface area contributed by atoms with Gasteiger partial charge < -0.3 is 10.2 Å². The Labute approximate surface area is 272 Å². The molecule has 0 aliphatic heterocycles. The van der Waals surface area contributed by atoms with Crippen LogP contribution in [0.4, 0.5) is 10.1 Å². The zero-order valence-corrected chi connectivity index (χ0v) is 28.1. The molecule has 4 rings (SSSR count). The summed E-state index contributed by atoms with van der Waals surface area (Å²) in [6.45, 7) is 10.5. The third-order valence-electron chi connectivity index (χ3n) is 7.77. The number of nitrogens with zero attached hydrogens (tertiary/aromatic N) is 2. The second-order valence-corrected chi connectivity index (χ2v) is 14.5. The van der Waals surface area contributed by atoms with Crippen molar-refractivity contribution in [2.24, 2.45) is 0 Å². The van der Waals surface area contributed by atoms with Crippen molar-refractivity contribution >= 4 is 27.5 Å². The zero-order valence-electron chi connectivity index (χ0n) is 27.2. The molecule has 0 saturated carbocycles. The van der Waals surface area contributed by atoms with E-state index in [1.165, 1.54) is 29.2 Å². The molecule has 9 heteroatoms. The number of carbonyl (C=O) groups excluding carboxylic acids is 2. The van der Waals surface area contributed by atoms with E-state index in [9.17, 15) is 22.4 Å². The van der Waals surface area contributed by atoms with E-state index >= 15 is 0 Å². The molecule has 0 fully saturated rings. The molecule has 0 aliphatic carbocycles. The lowest BCUT2D eigenvalue weighted by Crippen LogP contribution is -2.56. The Kier molecular flexibility index (Phi) is 10.7. The molecule has 0 heterocycles. The molecule has 0 aromatic heterocycles. The highest BCUT2D eigenvalue weighted by atomic mass is 32.2. The van der Waals surface area contributed by atoms with Crippen LogP contribution in [0.15, 0.2) is 102 Å². The Morgan fingerprint density at radius 1 is 0.804 bits per heavy atom. The van der Waals surface area contributed by atoms with E-state index in [2.05, 4.69) is 5.32 Å². The number of hydrogen-bond donors (Lipinski definition) is 1. The summed E-state index contributed by atoms with van der Waals surface area (Å²) in [5, 5.41) is 3.01.